The van der Waals surface area contributed by atoms with E-state index in [2.05, 4.69) is 50.2 Å². The smallest absolute Gasteiger partial charge is 0.201 e. The van der Waals surface area contributed by atoms with Gasteiger partial charge in [-0.3, -0.25) is 0 Å². The lowest BCUT2D eigenvalue weighted by molar-refractivity contribution is 0.214. The number of nitrogens with zero attached hydrogens (tertiary/aromatic N) is 2. The van der Waals surface area contributed by atoms with Gasteiger partial charge in [0, 0.05) is 6.54 Å². The molecular weight excluding hydrogens is 222 g/mol. The van der Waals surface area contributed by atoms with Gasteiger partial charge in [0.2, 0.25) is 5.95 Å². The van der Waals surface area contributed by atoms with Crippen molar-refractivity contribution >= 4 is 17.0 Å². The maximum atomic E-state index is 6.08. The Kier molecular flexibility index (Phi) is 3.09. The van der Waals surface area contributed by atoms with Crippen LogP contribution in [0.1, 0.15) is 33.3 Å². The number of fused-ring (bicyclic) bond motifs is 1. The van der Waals surface area contributed by atoms with Gasteiger partial charge in [-0.2, -0.15) is 0 Å². The van der Waals surface area contributed by atoms with Gasteiger partial charge in [0.05, 0.1) is 11.0 Å². The average Bonchev–Trinajstić information content (AvgIpc) is 2.56. The summed E-state index contributed by atoms with van der Waals surface area (Å²) < 4.78 is 2.16. The molecule has 0 aliphatic heterocycles. The molecule has 1 aromatic heterocycles. The van der Waals surface area contributed by atoms with Crippen LogP contribution in [-0.4, -0.2) is 9.55 Å². The number of anilines is 1. The Morgan fingerprint density at radius 1 is 1.33 bits per heavy atom. The molecule has 98 valence electrons. The van der Waals surface area contributed by atoms with Crippen LogP contribution in [0, 0.1) is 18.3 Å². The molecular formula is C15H23N3. The van der Waals surface area contributed by atoms with Crippen molar-refractivity contribution in [1.29, 1.82) is 0 Å². The standard InChI is InChI=1S/C15H23N3/c1-10(2)15(4,5)9-18-13-11(3)7-6-8-12(13)17-14(18)16/h6-8,10H,9H2,1-5H3,(H2,16,17). The van der Waals surface area contributed by atoms with Gasteiger partial charge in [-0.25, -0.2) is 4.98 Å². The van der Waals surface area contributed by atoms with Crippen LogP contribution < -0.4 is 5.73 Å². The summed E-state index contributed by atoms with van der Waals surface area (Å²) >= 11 is 0. The maximum Gasteiger partial charge on any atom is 0.201 e. The summed E-state index contributed by atoms with van der Waals surface area (Å²) in [7, 11) is 0. The lowest BCUT2D eigenvalue weighted by atomic mass is 9.81. The Bertz CT molecular complexity index is 564. The first-order chi connectivity index (χ1) is 8.33. The number of benzene rings is 1. The molecule has 1 heterocycles. The number of hydrogen-bond donors (Lipinski definition) is 1. The monoisotopic (exact) mass is 245 g/mol. The molecule has 1 aromatic carbocycles. The lowest BCUT2D eigenvalue weighted by Crippen LogP contribution is -2.26. The summed E-state index contributed by atoms with van der Waals surface area (Å²) in [4.78, 5) is 4.46. The van der Waals surface area contributed by atoms with Gasteiger partial charge in [0.1, 0.15) is 0 Å². The highest BCUT2D eigenvalue weighted by Gasteiger charge is 2.25. The molecule has 3 nitrogen and oxygen atoms in total. The summed E-state index contributed by atoms with van der Waals surface area (Å²) in [6.45, 7) is 12.1. The third-order valence-electron chi connectivity index (χ3n) is 4.13. The molecule has 0 radical (unpaired) electrons. The second kappa shape index (κ2) is 4.30. The molecule has 0 saturated carbocycles. The van der Waals surface area contributed by atoms with Crippen molar-refractivity contribution in [2.45, 2.75) is 41.2 Å². The third-order valence-corrected chi connectivity index (χ3v) is 4.13. The molecule has 0 fully saturated rings. The predicted molar refractivity (Wildman–Crippen MR) is 77.5 cm³/mol. The Morgan fingerprint density at radius 3 is 2.61 bits per heavy atom. The fraction of sp³-hybridized carbons (Fsp3) is 0.533. The highest BCUT2D eigenvalue weighted by atomic mass is 15.2. The summed E-state index contributed by atoms with van der Waals surface area (Å²) in [5.41, 5.74) is 9.68. The fourth-order valence-electron chi connectivity index (χ4n) is 2.13. The van der Waals surface area contributed by atoms with E-state index in [0.29, 0.717) is 11.9 Å². The second-order valence-corrected chi connectivity index (χ2v) is 6.14. The van der Waals surface area contributed by atoms with E-state index in [0.717, 1.165) is 12.1 Å². The van der Waals surface area contributed by atoms with Gasteiger partial charge in [-0.05, 0) is 29.9 Å². The zero-order valence-electron chi connectivity index (χ0n) is 12.0. The van der Waals surface area contributed by atoms with E-state index in [-0.39, 0.29) is 5.41 Å². The molecule has 0 unspecified atom stereocenters. The molecule has 3 heteroatoms. The molecule has 18 heavy (non-hydrogen) atoms. The number of para-hydroxylation sites is 1. The topological polar surface area (TPSA) is 43.8 Å². The van der Waals surface area contributed by atoms with Crippen LogP contribution in [0.3, 0.4) is 0 Å². The summed E-state index contributed by atoms with van der Waals surface area (Å²) in [5, 5.41) is 0. The fourth-order valence-corrected chi connectivity index (χ4v) is 2.13. The molecule has 0 spiro atoms. The number of imidazole rings is 1. The highest BCUT2D eigenvalue weighted by Crippen LogP contribution is 2.31. The Hall–Kier alpha value is -1.51. The van der Waals surface area contributed by atoms with Crippen LogP contribution in [0.15, 0.2) is 18.2 Å². The quantitative estimate of drug-likeness (QED) is 0.897. The van der Waals surface area contributed by atoms with Gasteiger partial charge >= 0.3 is 0 Å². The molecule has 0 amide bonds. The molecule has 2 aromatic rings. The zero-order valence-corrected chi connectivity index (χ0v) is 12.0. The number of hydrogen-bond acceptors (Lipinski definition) is 2. The molecule has 0 atom stereocenters. The first-order valence-corrected chi connectivity index (χ1v) is 6.54. The zero-order chi connectivity index (χ0) is 13.5. The minimum absolute atomic E-state index is 0.198. The number of nitrogen functional groups attached to an aromatic ring is 1. The van der Waals surface area contributed by atoms with Crippen LogP contribution in [0.2, 0.25) is 0 Å². The van der Waals surface area contributed by atoms with E-state index < -0.39 is 0 Å². The van der Waals surface area contributed by atoms with Gasteiger partial charge in [-0.1, -0.05) is 39.8 Å². The normalized spacial score (nSPS) is 12.6. The highest BCUT2D eigenvalue weighted by molar-refractivity contribution is 5.81. The van der Waals surface area contributed by atoms with Crippen molar-refractivity contribution < 1.29 is 0 Å². The maximum absolute atomic E-state index is 6.08. The van der Waals surface area contributed by atoms with Crippen LogP contribution in [0.25, 0.3) is 11.0 Å². The first kappa shape index (κ1) is 12.9. The minimum atomic E-state index is 0.198. The Balaban J connectivity index is 2.54. The van der Waals surface area contributed by atoms with Crippen LogP contribution in [-0.2, 0) is 6.54 Å². The summed E-state index contributed by atoms with van der Waals surface area (Å²) in [6, 6.07) is 6.17. The van der Waals surface area contributed by atoms with E-state index in [1.807, 2.05) is 12.1 Å². The number of aromatic nitrogens is 2. The predicted octanol–water partition coefficient (Wildman–Crippen LogP) is 3.61. The van der Waals surface area contributed by atoms with Crippen LogP contribution in [0.5, 0.6) is 0 Å². The van der Waals surface area contributed by atoms with E-state index in [9.17, 15) is 0 Å². The van der Waals surface area contributed by atoms with Gasteiger partial charge in [0.15, 0.2) is 0 Å². The Morgan fingerprint density at radius 2 is 2.00 bits per heavy atom. The van der Waals surface area contributed by atoms with Crippen molar-refractivity contribution in [3.05, 3.63) is 23.8 Å². The molecule has 0 aliphatic rings. The van der Waals surface area contributed by atoms with Gasteiger partial charge < -0.3 is 10.3 Å². The van der Waals surface area contributed by atoms with Crippen molar-refractivity contribution in [3.63, 3.8) is 0 Å². The SMILES string of the molecule is Cc1cccc2nc(N)n(CC(C)(C)C(C)C)c12. The molecule has 0 aliphatic carbocycles. The summed E-state index contributed by atoms with van der Waals surface area (Å²) in [5.74, 6) is 1.21. The number of rotatable bonds is 3. The van der Waals surface area contributed by atoms with Crippen LogP contribution >= 0.6 is 0 Å². The molecule has 2 rings (SSSR count). The molecule has 2 N–H and O–H groups in total. The van der Waals surface area contributed by atoms with Crippen molar-refractivity contribution in [2.24, 2.45) is 11.3 Å². The third kappa shape index (κ3) is 2.09. The summed E-state index contributed by atoms with van der Waals surface area (Å²) in [6.07, 6.45) is 0. The van der Waals surface area contributed by atoms with E-state index >= 15 is 0 Å². The van der Waals surface area contributed by atoms with Crippen molar-refractivity contribution in [2.75, 3.05) is 5.73 Å². The van der Waals surface area contributed by atoms with Gasteiger partial charge in [0.25, 0.3) is 0 Å². The van der Waals surface area contributed by atoms with E-state index in [4.69, 9.17) is 5.73 Å². The molecule has 0 bridgehead atoms. The van der Waals surface area contributed by atoms with Crippen molar-refractivity contribution in [3.8, 4) is 0 Å². The first-order valence-electron chi connectivity index (χ1n) is 6.54. The number of nitrogens with two attached hydrogens (primary N) is 1. The number of aryl methyl sites for hydroxylation is 1. The minimum Gasteiger partial charge on any atom is -0.369 e. The Labute approximate surface area is 109 Å². The second-order valence-electron chi connectivity index (χ2n) is 6.14. The lowest BCUT2D eigenvalue weighted by Gasteiger charge is -2.30. The largest absolute Gasteiger partial charge is 0.369 e. The van der Waals surface area contributed by atoms with E-state index in [1.165, 1.54) is 11.1 Å². The van der Waals surface area contributed by atoms with Gasteiger partial charge in [-0.15, -0.1) is 0 Å². The average molecular weight is 245 g/mol. The van der Waals surface area contributed by atoms with Crippen LogP contribution in [0.4, 0.5) is 5.95 Å². The molecule has 0 saturated heterocycles. The van der Waals surface area contributed by atoms with E-state index in [1.54, 1.807) is 0 Å². The van der Waals surface area contributed by atoms with Crippen molar-refractivity contribution in [1.82, 2.24) is 9.55 Å².